The van der Waals surface area contributed by atoms with Gasteiger partial charge in [-0.15, -0.1) is 0 Å². The average molecular weight is 482 g/mol. The Hall–Kier alpha value is -3.03. The van der Waals surface area contributed by atoms with Gasteiger partial charge in [0.05, 0.1) is 23.7 Å². The van der Waals surface area contributed by atoms with Crippen LogP contribution in [0, 0.1) is 20.8 Å². The van der Waals surface area contributed by atoms with E-state index in [1.807, 2.05) is 57.2 Å². The maximum atomic E-state index is 14.0. The highest BCUT2D eigenvalue weighted by Crippen LogP contribution is 2.32. The summed E-state index contributed by atoms with van der Waals surface area (Å²) < 4.78 is 41.0. The Bertz CT molecular complexity index is 1230. The van der Waals surface area contributed by atoms with Crippen molar-refractivity contribution in [3.05, 3.63) is 82.9 Å². The zero-order chi connectivity index (χ0) is 24.3. The van der Waals surface area contributed by atoms with Crippen LogP contribution >= 0.6 is 0 Å². The fraction of sp³-hybridized carbons (Fsp3) is 0.333. The summed E-state index contributed by atoms with van der Waals surface area (Å²) in [6.07, 6.45) is 2.66. The van der Waals surface area contributed by atoms with Crippen LogP contribution in [0.3, 0.4) is 0 Å². The van der Waals surface area contributed by atoms with Crippen molar-refractivity contribution in [2.24, 2.45) is 0 Å². The lowest BCUT2D eigenvalue weighted by Gasteiger charge is -2.27. The van der Waals surface area contributed by atoms with Crippen LogP contribution in [0.2, 0.25) is 0 Å². The Morgan fingerprint density at radius 3 is 2.35 bits per heavy atom. The van der Waals surface area contributed by atoms with Gasteiger partial charge in [0.15, 0.2) is 6.29 Å². The second-order valence-electron chi connectivity index (χ2n) is 8.82. The number of hydrogen-bond donors (Lipinski definition) is 1. The summed E-state index contributed by atoms with van der Waals surface area (Å²) in [5.74, 6) is 0.724. The molecule has 0 radical (unpaired) electrons. The third-order valence-corrected chi connectivity index (χ3v) is 8.00. The van der Waals surface area contributed by atoms with Gasteiger partial charge in [0.1, 0.15) is 11.5 Å². The van der Waals surface area contributed by atoms with Gasteiger partial charge in [-0.1, -0.05) is 29.8 Å². The zero-order valence-electron chi connectivity index (χ0n) is 19.8. The molecule has 1 N–H and O–H groups in total. The Kier molecular flexibility index (Phi) is 7.14. The summed E-state index contributed by atoms with van der Waals surface area (Å²) >= 11 is 0. The van der Waals surface area contributed by atoms with Crippen molar-refractivity contribution in [2.45, 2.75) is 57.8 Å². The molecule has 1 aliphatic rings. The lowest BCUT2D eigenvalue weighted by molar-refractivity contribution is -0.105. The van der Waals surface area contributed by atoms with Crippen LogP contribution < -0.4 is 9.04 Å². The normalized spacial score (nSPS) is 16.3. The van der Waals surface area contributed by atoms with Crippen molar-refractivity contribution in [2.75, 3.05) is 10.9 Å². The van der Waals surface area contributed by atoms with Crippen LogP contribution in [0.4, 0.5) is 5.69 Å². The zero-order valence-corrected chi connectivity index (χ0v) is 20.6. The molecule has 1 atom stereocenters. The van der Waals surface area contributed by atoms with Crippen LogP contribution in [0.1, 0.15) is 41.5 Å². The van der Waals surface area contributed by atoms with E-state index < -0.39 is 10.0 Å². The van der Waals surface area contributed by atoms with Gasteiger partial charge in [-0.25, -0.2) is 8.42 Å². The molecule has 34 heavy (non-hydrogen) atoms. The number of sulfonamides is 1. The molecule has 0 amide bonds. The van der Waals surface area contributed by atoms with Crippen molar-refractivity contribution >= 4 is 15.7 Å². The van der Waals surface area contributed by atoms with Gasteiger partial charge in [-0.3, -0.25) is 4.31 Å². The summed E-state index contributed by atoms with van der Waals surface area (Å²) in [5, 5.41) is 9.76. The minimum absolute atomic E-state index is 0.0756. The Morgan fingerprint density at radius 2 is 1.71 bits per heavy atom. The molecular weight excluding hydrogens is 450 g/mol. The van der Waals surface area contributed by atoms with E-state index in [4.69, 9.17) is 9.47 Å². The largest absolute Gasteiger partial charge is 0.508 e. The molecule has 0 bridgehead atoms. The highest BCUT2D eigenvalue weighted by Gasteiger charge is 2.29. The van der Waals surface area contributed by atoms with E-state index >= 15 is 0 Å². The molecule has 180 valence electrons. The summed E-state index contributed by atoms with van der Waals surface area (Å²) in [6.45, 7) is 6.39. The molecule has 3 aromatic carbocycles. The molecule has 1 heterocycles. The third-order valence-electron chi connectivity index (χ3n) is 5.92. The molecule has 0 saturated carbocycles. The summed E-state index contributed by atoms with van der Waals surface area (Å²) in [7, 11) is -3.90. The number of phenols is 1. The van der Waals surface area contributed by atoms with E-state index in [0.29, 0.717) is 34.1 Å². The second-order valence-corrected chi connectivity index (χ2v) is 10.6. The predicted molar refractivity (Wildman–Crippen MR) is 133 cm³/mol. The fourth-order valence-corrected chi connectivity index (χ4v) is 6.33. The van der Waals surface area contributed by atoms with Gasteiger partial charge in [-0.2, -0.15) is 0 Å². The van der Waals surface area contributed by atoms with Crippen molar-refractivity contribution < 1.29 is 23.0 Å². The van der Waals surface area contributed by atoms with Crippen LogP contribution in [-0.2, 0) is 21.3 Å². The van der Waals surface area contributed by atoms with Crippen LogP contribution in [0.25, 0.3) is 0 Å². The first kappa shape index (κ1) is 24.1. The SMILES string of the molecule is Cc1cc(C)c(S(=O)(=O)N(Cc2cccc(OC3CCCCO3)c2)c2ccc(O)cc2)c(C)c1. The summed E-state index contributed by atoms with van der Waals surface area (Å²) in [6, 6.07) is 17.4. The van der Waals surface area contributed by atoms with E-state index in [1.54, 1.807) is 12.1 Å². The number of ether oxygens (including phenoxy) is 2. The molecule has 6 nitrogen and oxygen atoms in total. The molecule has 3 aromatic rings. The lowest BCUT2D eigenvalue weighted by atomic mass is 10.1. The highest BCUT2D eigenvalue weighted by atomic mass is 32.2. The Morgan fingerprint density at radius 1 is 1.00 bits per heavy atom. The maximum Gasteiger partial charge on any atom is 0.265 e. The number of anilines is 1. The van der Waals surface area contributed by atoms with E-state index in [0.717, 1.165) is 30.4 Å². The number of phenolic OH excluding ortho intramolecular Hbond substituents is 1. The first-order valence-electron chi connectivity index (χ1n) is 11.5. The monoisotopic (exact) mass is 481 g/mol. The van der Waals surface area contributed by atoms with E-state index in [-0.39, 0.29) is 18.6 Å². The lowest BCUT2D eigenvalue weighted by Crippen LogP contribution is -2.31. The molecule has 0 aliphatic carbocycles. The quantitative estimate of drug-likeness (QED) is 0.474. The number of rotatable bonds is 7. The molecule has 0 spiro atoms. The van der Waals surface area contributed by atoms with E-state index in [9.17, 15) is 13.5 Å². The Labute approximate surface area is 201 Å². The first-order valence-corrected chi connectivity index (χ1v) is 12.9. The average Bonchev–Trinajstić information content (AvgIpc) is 2.78. The maximum absolute atomic E-state index is 14.0. The predicted octanol–water partition coefficient (Wildman–Crippen LogP) is 5.62. The topological polar surface area (TPSA) is 76.1 Å². The molecule has 1 aliphatic heterocycles. The fourth-order valence-electron chi connectivity index (χ4n) is 4.46. The molecule has 1 saturated heterocycles. The minimum Gasteiger partial charge on any atom is -0.508 e. The van der Waals surface area contributed by atoms with Crippen LogP contribution in [0.15, 0.2) is 65.6 Å². The molecule has 1 unspecified atom stereocenters. The van der Waals surface area contributed by atoms with Crippen molar-refractivity contribution in [1.82, 2.24) is 0 Å². The van der Waals surface area contributed by atoms with E-state index in [1.165, 1.54) is 16.4 Å². The molecule has 7 heteroatoms. The van der Waals surface area contributed by atoms with Gasteiger partial charge in [0.2, 0.25) is 0 Å². The summed E-state index contributed by atoms with van der Waals surface area (Å²) in [5.41, 5.74) is 3.67. The molecule has 4 rings (SSSR count). The third kappa shape index (κ3) is 5.37. The van der Waals surface area contributed by atoms with Gasteiger partial charge >= 0.3 is 0 Å². The van der Waals surface area contributed by atoms with Crippen LogP contribution in [-0.4, -0.2) is 26.4 Å². The number of nitrogens with zero attached hydrogens (tertiary/aromatic N) is 1. The molecule has 1 fully saturated rings. The minimum atomic E-state index is -3.90. The number of benzene rings is 3. The standard InChI is InChI=1S/C27H31NO5S/c1-19-15-20(2)27(21(3)16-19)34(30,31)28(23-10-12-24(29)13-11-23)18-22-7-6-8-25(17-22)33-26-9-4-5-14-32-26/h6-8,10-13,15-17,26,29H,4-5,9,14,18H2,1-3H3. The van der Waals surface area contributed by atoms with Crippen LogP contribution in [0.5, 0.6) is 11.5 Å². The van der Waals surface area contributed by atoms with Gasteiger partial charge in [-0.05, 0) is 86.7 Å². The molecule has 0 aromatic heterocycles. The molecular formula is C27H31NO5S. The highest BCUT2D eigenvalue weighted by molar-refractivity contribution is 7.92. The van der Waals surface area contributed by atoms with Crippen molar-refractivity contribution in [3.8, 4) is 11.5 Å². The second kappa shape index (κ2) is 10.1. The first-order chi connectivity index (χ1) is 16.2. The van der Waals surface area contributed by atoms with Crippen molar-refractivity contribution in [1.29, 1.82) is 0 Å². The number of hydrogen-bond acceptors (Lipinski definition) is 5. The summed E-state index contributed by atoms with van der Waals surface area (Å²) in [4.78, 5) is 0.300. The van der Waals surface area contributed by atoms with Gasteiger partial charge < -0.3 is 14.6 Å². The number of aromatic hydroxyl groups is 1. The van der Waals surface area contributed by atoms with Gasteiger partial charge in [0.25, 0.3) is 10.0 Å². The van der Waals surface area contributed by atoms with E-state index in [2.05, 4.69) is 0 Å². The van der Waals surface area contributed by atoms with Gasteiger partial charge in [0, 0.05) is 6.42 Å². The number of aryl methyl sites for hydroxylation is 3. The smallest absolute Gasteiger partial charge is 0.265 e. The Balaban J connectivity index is 1.71. The van der Waals surface area contributed by atoms with Crippen molar-refractivity contribution in [3.63, 3.8) is 0 Å².